The summed E-state index contributed by atoms with van der Waals surface area (Å²) in [4.78, 5) is 70.5. The van der Waals surface area contributed by atoms with Gasteiger partial charge in [0.15, 0.2) is 9.84 Å². The second-order valence-corrected chi connectivity index (χ2v) is 20.3. The zero-order chi connectivity index (χ0) is 36.9. The fraction of sp³-hybridized carbons (Fsp3) is 0.865. The summed E-state index contributed by atoms with van der Waals surface area (Å²) in [5, 5.41) is 11.6. The first-order valence-electron chi connectivity index (χ1n) is 19.1. The number of likely N-dealkylation sites (tertiary alicyclic amines) is 1. The predicted octanol–water partition coefficient (Wildman–Crippen LogP) is 3.62. The van der Waals surface area contributed by atoms with Gasteiger partial charge in [-0.25, -0.2) is 13.2 Å². The lowest BCUT2D eigenvalue weighted by Gasteiger charge is -2.41. The molecule has 1 saturated heterocycles. The number of Topliss-reactive ketones (excluding diaryl/α,β-unsaturated/α-hetero) is 1. The predicted molar refractivity (Wildman–Crippen MR) is 191 cm³/mol. The molecule has 4 N–H and O–H groups in total. The van der Waals surface area contributed by atoms with E-state index in [0.29, 0.717) is 38.8 Å². The third kappa shape index (κ3) is 7.31. The number of piperidine rings is 1. The van der Waals surface area contributed by atoms with Crippen LogP contribution in [0, 0.1) is 29.1 Å². The molecule has 50 heavy (non-hydrogen) atoms. The van der Waals surface area contributed by atoms with Crippen molar-refractivity contribution < 1.29 is 32.4 Å². The van der Waals surface area contributed by atoms with E-state index in [2.05, 4.69) is 35.1 Å². The quantitative estimate of drug-likeness (QED) is 0.223. The number of fused-ring (bicyclic) bond motifs is 1. The zero-order valence-corrected chi connectivity index (χ0v) is 32.1. The van der Waals surface area contributed by atoms with E-state index in [0.717, 1.165) is 51.4 Å². The Bertz CT molecular complexity index is 1460. The first kappa shape index (κ1) is 38.5. The summed E-state index contributed by atoms with van der Waals surface area (Å²) in [6, 6.07) is -2.28. The summed E-state index contributed by atoms with van der Waals surface area (Å²) < 4.78 is 25.8. The van der Waals surface area contributed by atoms with Crippen LogP contribution < -0.4 is 21.3 Å². The van der Waals surface area contributed by atoms with E-state index in [1.165, 1.54) is 0 Å². The summed E-state index contributed by atoms with van der Waals surface area (Å²) in [5.74, 6) is -2.59. The molecule has 1 aliphatic heterocycles. The number of amides is 5. The number of likely N-dealkylation sites (N-methyl/N-ethyl adjacent to an activating group) is 1. The zero-order valence-electron chi connectivity index (χ0n) is 31.3. The molecule has 0 radical (unpaired) electrons. The average Bonchev–Trinajstić information content (AvgIpc) is 3.80. The van der Waals surface area contributed by atoms with Gasteiger partial charge in [0.25, 0.3) is 5.91 Å². The van der Waals surface area contributed by atoms with Crippen LogP contribution in [0.3, 0.4) is 0 Å². The molecule has 5 aliphatic rings. The lowest BCUT2D eigenvalue weighted by Crippen LogP contribution is -2.63. The lowest BCUT2D eigenvalue weighted by atomic mass is 9.82. The van der Waals surface area contributed by atoms with Crippen molar-refractivity contribution in [2.45, 2.75) is 153 Å². The van der Waals surface area contributed by atoms with Crippen molar-refractivity contribution in [2.75, 3.05) is 18.8 Å². The van der Waals surface area contributed by atoms with Crippen molar-refractivity contribution in [2.24, 2.45) is 29.1 Å². The minimum Gasteiger partial charge on any atom is -0.350 e. The van der Waals surface area contributed by atoms with Gasteiger partial charge >= 0.3 is 6.03 Å². The standard InChI is InChI=1S/C37H61N5O7S/c1-8-24-20-37(24,29(43)31(45)38-9-2)40-30(44)28-26-25(35(26,6)7)21-42(28)32(46)27(23-16-12-10-13-17-23)39-33(47)41-36(18-14-11-15-19-36)22-50(48,49)34(3,4)5/h23-28H,8-22H2,1-7H3,(H,38,45)(H,40,44)(H2,39,41,47)/t24?,25?,26?,27-,28+,37?/m1/s1. The highest BCUT2D eigenvalue weighted by Crippen LogP contribution is 2.65. The second kappa shape index (κ2) is 14.0. The first-order chi connectivity index (χ1) is 23.3. The lowest BCUT2D eigenvalue weighted by molar-refractivity contribution is -0.145. The Kier molecular flexibility index (Phi) is 10.8. The summed E-state index contributed by atoms with van der Waals surface area (Å²) in [5.41, 5.74) is -2.39. The van der Waals surface area contributed by atoms with Gasteiger partial charge in [0.2, 0.25) is 17.6 Å². The minimum atomic E-state index is -3.55. The van der Waals surface area contributed by atoms with Gasteiger partial charge in [0.05, 0.1) is 16.0 Å². The summed E-state index contributed by atoms with van der Waals surface area (Å²) in [7, 11) is -3.55. The van der Waals surface area contributed by atoms with Crippen LogP contribution in [0.2, 0.25) is 0 Å². The van der Waals surface area contributed by atoms with E-state index in [4.69, 9.17) is 0 Å². The van der Waals surface area contributed by atoms with Crippen LogP contribution >= 0.6 is 0 Å². The van der Waals surface area contributed by atoms with E-state index in [1.807, 2.05) is 6.92 Å². The molecular weight excluding hydrogens is 659 g/mol. The molecule has 0 spiro atoms. The molecule has 4 unspecified atom stereocenters. The molecule has 0 bridgehead atoms. The van der Waals surface area contributed by atoms with Crippen LogP contribution in [0.5, 0.6) is 0 Å². The highest BCUT2D eigenvalue weighted by Gasteiger charge is 2.71. The fourth-order valence-electron chi connectivity index (χ4n) is 9.42. The maximum atomic E-state index is 14.7. The van der Waals surface area contributed by atoms with Gasteiger partial charge < -0.3 is 26.2 Å². The second-order valence-electron chi connectivity index (χ2n) is 17.5. The van der Waals surface area contributed by atoms with Gasteiger partial charge in [-0.1, -0.05) is 65.7 Å². The highest BCUT2D eigenvalue weighted by molar-refractivity contribution is 7.92. The van der Waals surface area contributed by atoms with Crippen LogP contribution in [0.4, 0.5) is 4.79 Å². The number of rotatable bonds is 12. The van der Waals surface area contributed by atoms with E-state index >= 15 is 0 Å². The number of ketones is 1. The molecule has 0 aromatic rings. The van der Waals surface area contributed by atoms with Crippen molar-refractivity contribution >= 4 is 39.4 Å². The summed E-state index contributed by atoms with van der Waals surface area (Å²) in [6.07, 6.45) is 9.07. The Morgan fingerprint density at radius 3 is 2.08 bits per heavy atom. The molecular formula is C37H61N5O7S. The van der Waals surface area contributed by atoms with Crippen LogP contribution in [-0.4, -0.2) is 89.6 Å². The van der Waals surface area contributed by atoms with Crippen LogP contribution in [0.25, 0.3) is 0 Å². The smallest absolute Gasteiger partial charge is 0.315 e. The maximum absolute atomic E-state index is 14.7. The van der Waals surface area contributed by atoms with Crippen molar-refractivity contribution in [3.05, 3.63) is 0 Å². The summed E-state index contributed by atoms with van der Waals surface area (Å²) >= 11 is 0. The molecule has 6 atom stereocenters. The normalized spacial score (nSPS) is 30.7. The summed E-state index contributed by atoms with van der Waals surface area (Å²) in [6.45, 7) is 13.5. The maximum Gasteiger partial charge on any atom is 0.315 e. The minimum absolute atomic E-state index is 0.0901. The first-order valence-corrected chi connectivity index (χ1v) is 20.8. The Hall–Kier alpha value is -2.70. The number of nitrogens with zero attached hydrogens (tertiary/aromatic N) is 1. The molecule has 12 nitrogen and oxygen atoms in total. The molecule has 0 aromatic heterocycles. The van der Waals surface area contributed by atoms with Crippen LogP contribution in [0.1, 0.15) is 126 Å². The molecule has 0 aromatic carbocycles. The monoisotopic (exact) mass is 719 g/mol. The van der Waals surface area contributed by atoms with Gasteiger partial charge in [-0.3, -0.25) is 19.2 Å². The third-order valence-electron chi connectivity index (χ3n) is 12.9. The Balaban J connectivity index is 1.39. The molecule has 282 valence electrons. The van der Waals surface area contributed by atoms with Gasteiger partial charge in [-0.05, 0) is 88.9 Å². The number of urea groups is 1. The molecule has 4 saturated carbocycles. The van der Waals surface area contributed by atoms with Gasteiger partial charge in [-0.2, -0.15) is 0 Å². The Morgan fingerprint density at radius 2 is 1.52 bits per heavy atom. The van der Waals surface area contributed by atoms with E-state index in [-0.39, 0.29) is 40.7 Å². The third-order valence-corrected chi connectivity index (χ3v) is 15.7. The number of carbonyl (C=O) groups excluding carboxylic acids is 5. The van der Waals surface area contributed by atoms with Gasteiger partial charge in [0.1, 0.15) is 17.6 Å². The fourth-order valence-corrected chi connectivity index (χ4v) is 10.9. The van der Waals surface area contributed by atoms with E-state index in [1.54, 1.807) is 32.6 Å². The molecule has 5 fully saturated rings. The van der Waals surface area contributed by atoms with Gasteiger partial charge in [0, 0.05) is 13.1 Å². The molecule has 5 amide bonds. The van der Waals surface area contributed by atoms with Crippen LogP contribution in [-0.2, 0) is 29.0 Å². The number of hydrogen-bond donors (Lipinski definition) is 4. The number of sulfone groups is 1. The van der Waals surface area contributed by atoms with Gasteiger partial charge in [-0.15, -0.1) is 0 Å². The molecule has 1 heterocycles. The highest BCUT2D eigenvalue weighted by atomic mass is 32.2. The molecule has 4 aliphatic carbocycles. The van der Waals surface area contributed by atoms with Crippen LogP contribution in [0.15, 0.2) is 0 Å². The number of carbonyl (C=O) groups is 5. The number of hydrogen-bond acceptors (Lipinski definition) is 7. The van der Waals surface area contributed by atoms with Crippen molar-refractivity contribution in [3.63, 3.8) is 0 Å². The molecule has 5 rings (SSSR count). The Morgan fingerprint density at radius 1 is 0.900 bits per heavy atom. The Labute approximate surface area is 298 Å². The van der Waals surface area contributed by atoms with E-state index < -0.39 is 61.4 Å². The van der Waals surface area contributed by atoms with E-state index in [9.17, 15) is 32.4 Å². The SMILES string of the molecule is CCNC(=O)C(=O)C1(NC(=O)[C@@H]2C3C(CN2C(=O)[C@H](NC(=O)NC2(CS(=O)(=O)C(C)(C)C)CCCCC2)C2CCCCC2)C3(C)C)CC1CC. The largest absolute Gasteiger partial charge is 0.350 e. The van der Waals surface area contributed by atoms with Crippen molar-refractivity contribution in [1.82, 2.24) is 26.2 Å². The topological polar surface area (TPSA) is 171 Å². The molecule has 13 heteroatoms. The van der Waals surface area contributed by atoms with Crippen molar-refractivity contribution in [1.29, 1.82) is 0 Å². The average molecular weight is 720 g/mol. The van der Waals surface area contributed by atoms with Crippen molar-refractivity contribution in [3.8, 4) is 0 Å². The number of nitrogens with one attached hydrogen (secondary N) is 4.